The van der Waals surface area contributed by atoms with Crippen molar-refractivity contribution >= 4 is 29.7 Å². The van der Waals surface area contributed by atoms with Crippen molar-refractivity contribution in [3.8, 4) is 0 Å². The SMILES string of the molecule is Cl.NCc1ccc(C(=O)N2CCc3sccc3C2)c(C2CC2)n1. The van der Waals surface area contributed by atoms with Crippen molar-refractivity contribution < 1.29 is 4.79 Å². The zero-order chi connectivity index (χ0) is 15.1. The minimum Gasteiger partial charge on any atom is -0.334 e. The van der Waals surface area contributed by atoms with E-state index >= 15 is 0 Å². The van der Waals surface area contributed by atoms with Gasteiger partial charge < -0.3 is 10.6 Å². The van der Waals surface area contributed by atoms with Gasteiger partial charge in [0.25, 0.3) is 5.91 Å². The van der Waals surface area contributed by atoms with Gasteiger partial charge in [0.2, 0.25) is 0 Å². The summed E-state index contributed by atoms with van der Waals surface area (Å²) in [6, 6.07) is 5.95. The van der Waals surface area contributed by atoms with E-state index in [0.29, 0.717) is 12.5 Å². The number of pyridine rings is 1. The van der Waals surface area contributed by atoms with Crippen molar-refractivity contribution in [1.82, 2.24) is 9.88 Å². The van der Waals surface area contributed by atoms with Crippen LogP contribution in [-0.4, -0.2) is 22.3 Å². The second kappa shape index (κ2) is 6.59. The molecule has 0 bridgehead atoms. The third-order valence-electron chi connectivity index (χ3n) is 4.48. The quantitative estimate of drug-likeness (QED) is 0.926. The van der Waals surface area contributed by atoms with Gasteiger partial charge in [-0.25, -0.2) is 0 Å². The monoisotopic (exact) mass is 349 g/mol. The van der Waals surface area contributed by atoms with Gasteiger partial charge in [-0.2, -0.15) is 0 Å². The summed E-state index contributed by atoms with van der Waals surface area (Å²) in [6.45, 7) is 1.95. The molecular formula is C17H20ClN3OS. The molecule has 2 N–H and O–H groups in total. The van der Waals surface area contributed by atoms with Crippen LogP contribution >= 0.6 is 23.7 Å². The zero-order valence-corrected chi connectivity index (χ0v) is 14.5. The van der Waals surface area contributed by atoms with E-state index < -0.39 is 0 Å². The number of rotatable bonds is 3. The summed E-state index contributed by atoms with van der Waals surface area (Å²) in [6.07, 6.45) is 3.23. The maximum Gasteiger partial charge on any atom is 0.256 e. The van der Waals surface area contributed by atoms with E-state index in [1.54, 1.807) is 11.3 Å². The van der Waals surface area contributed by atoms with Crippen LogP contribution in [0.1, 0.15) is 50.9 Å². The summed E-state index contributed by atoms with van der Waals surface area (Å²) < 4.78 is 0. The largest absolute Gasteiger partial charge is 0.334 e. The first-order valence-electron chi connectivity index (χ1n) is 7.80. The van der Waals surface area contributed by atoms with E-state index in [-0.39, 0.29) is 18.3 Å². The van der Waals surface area contributed by atoms with Gasteiger partial charge >= 0.3 is 0 Å². The van der Waals surface area contributed by atoms with E-state index in [4.69, 9.17) is 5.73 Å². The molecule has 0 atom stereocenters. The maximum absolute atomic E-state index is 12.9. The van der Waals surface area contributed by atoms with Gasteiger partial charge in [-0.05, 0) is 48.4 Å². The molecule has 122 valence electrons. The number of hydrogen-bond donors (Lipinski definition) is 1. The summed E-state index contributed by atoms with van der Waals surface area (Å²) >= 11 is 1.79. The number of hydrogen-bond acceptors (Lipinski definition) is 4. The fraction of sp³-hybridized carbons (Fsp3) is 0.412. The molecule has 0 spiro atoms. The molecule has 1 saturated carbocycles. The first-order chi connectivity index (χ1) is 10.8. The van der Waals surface area contributed by atoms with Gasteiger partial charge in [0, 0.05) is 30.4 Å². The Bertz CT molecular complexity index is 726. The van der Waals surface area contributed by atoms with Crippen LogP contribution in [-0.2, 0) is 19.5 Å². The molecule has 3 heterocycles. The van der Waals surface area contributed by atoms with Crippen molar-refractivity contribution in [1.29, 1.82) is 0 Å². The second-order valence-corrected chi connectivity index (χ2v) is 7.06. The highest BCUT2D eigenvalue weighted by Gasteiger charge is 2.32. The third kappa shape index (κ3) is 3.13. The van der Waals surface area contributed by atoms with Crippen LogP contribution in [0.15, 0.2) is 23.6 Å². The number of thiophene rings is 1. The molecule has 1 fully saturated rings. The van der Waals surface area contributed by atoms with Crippen LogP contribution in [0.5, 0.6) is 0 Å². The van der Waals surface area contributed by atoms with Crippen molar-refractivity contribution in [2.75, 3.05) is 6.54 Å². The lowest BCUT2D eigenvalue weighted by Gasteiger charge is -2.27. The Morgan fingerprint density at radius 1 is 1.35 bits per heavy atom. The van der Waals surface area contributed by atoms with Crippen molar-refractivity contribution in [2.24, 2.45) is 5.73 Å². The van der Waals surface area contributed by atoms with Crippen LogP contribution in [0.2, 0.25) is 0 Å². The normalized spacial score (nSPS) is 16.7. The van der Waals surface area contributed by atoms with Crippen molar-refractivity contribution in [3.05, 3.63) is 51.0 Å². The molecule has 0 saturated heterocycles. The van der Waals surface area contributed by atoms with Gasteiger partial charge in [0.05, 0.1) is 17.0 Å². The zero-order valence-electron chi connectivity index (χ0n) is 12.8. The molecule has 4 nitrogen and oxygen atoms in total. The number of amides is 1. The first-order valence-corrected chi connectivity index (χ1v) is 8.68. The number of nitrogens with zero attached hydrogens (tertiary/aromatic N) is 2. The van der Waals surface area contributed by atoms with E-state index in [9.17, 15) is 4.79 Å². The Labute approximate surface area is 146 Å². The summed E-state index contributed by atoms with van der Waals surface area (Å²) in [5.41, 5.74) is 9.60. The molecule has 0 radical (unpaired) electrons. The Kier molecular flexibility index (Phi) is 4.71. The predicted octanol–water partition coefficient (Wildman–Crippen LogP) is 3.10. The molecule has 1 aliphatic carbocycles. The van der Waals surface area contributed by atoms with E-state index in [0.717, 1.165) is 49.3 Å². The third-order valence-corrected chi connectivity index (χ3v) is 5.50. The summed E-state index contributed by atoms with van der Waals surface area (Å²) in [5.74, 6) is 0.571. The Balaban J connectivity index is 0.00000156. The molecule has 6 heteroatoms. The first kappa shape index (κ1) is 16.4. The van der Waals surface area contributed by atoms with Gasteiger partial charge in [-0.1, -0.05) is 0 Å². The highest BCUT2D eigenvalue weighted by atomic mass is 35.5. The lowest BCUT2D eigenvalue weighted by Crippen LogP contribution is -2.36. The molecule has 4 rings (SSSR count). The Hall–Kier alpha value is -1.43. The van der Waals surface area contributed by atoms with Crippen molar-refractivity contribution in [2.45, 2.75) is 38.3 Å². The van der Waals surface area contributed by atoms with Gasteiger partial charge in [0.15, 0.2) is 0 Å². The standard InChI is InChI=1S/C17H19N3OS.ClH/c18-9-13-3-4-14(16(19-13)11-1-2-11)17(21)20-7-5-15-12(10-20)6-8-22-15;/h3-4,6,8,11H,1-2,5,7,9-10,18H2;1H. The van der Waals surface area contributed by atoms with Crippen LogP contribution in [0.4, 0.5) is 0 Å². The van der Waals surface area contributed by atoms with Gasteiger partial charge in [-0.15, -0.1) is 23.7 Å². The lowest BCUT2D eigenvalue weighted by atomic mass is 10.0. The minimum absolute atomic E-state index is 0. The van der Waals surface area contributed by atoms with Gasteiger partial charge in [0.1, 0.15) is 0 Å². The number of fused-ring (bicyclic) bond motifs is 1. The number of aromatic nitrogens is 1. The highest BCUT2D eigenvalue weighted by Crippen LogP contribution is 2.41. The number of carbonyl (C=O) groups excluding carboxylic acids is 1. The lowest BCUT2D eigenvalue weighted by molar-refractivity contribution is 0.0734. The van der Waals surface area contributed by atoms with Crippen LogP contribution in [0, 0.1) is 0 Å². The second-order valence-electron chi connectivity index (χ2n) is 6.06. The molecule has 1 amide bonds. The van der Waals surface area contributed by atoms with Crippen LogP contribution in [0.25, 0.3) is 0 Å². The average molecular weight is 350 g/mol. The molecule has 2 aromatic rings. The maximum atomic E-state index is 12.9. The molecule has 23 heavy (non-hydrogen) atoms. The van der Waals surface area contributed by atoms with E-state index in [1.165, 1.54) is 10.4 Å². The molecular weight excluding hydrogens is 330 g/mol. The smallest absolute Gasteiger partial charge is 0.256 e. The Morgan fingerprint density at radius 2 is 2.17 bits per heavy atom. The molecule has 2 aromatic heterocycles. The van der Waals surface area contributed by atoms with Crippen LogP contribution < -0.4 is 5.73 Å². The average Bonchev–Trinajstić information content (AvgIpc) is 3.30. The number of nitrogens with two attached hydrogens (primary N) is 1. The summed E-state index contributed by atoms with van der Waals surface area (Å²) in [4.78, 5) is 21.0. The van der Waals surface area contributed by atoms with E-state index in [1.807, 2.05) is 17.0 Å². The Morgan fingerprint density at radius 3 is 2.91 bits per heavy atom. The van der Waals surface area contributed by atoms with Crippen molar-refractivity contribution in [3.63, 3.8) is 0 Å². The van der Waals surface area contributed by atoms with Gasteiger partial charge in [-0.3, -0.25) is 9.78 Å². The number of carbonyl (C=O) groups is 1. The summed E-state index contributed by atoms with van der Waals surface area (Å²) in [5, 5.41) is 2.12. The molecule has 0 aromatic carbocycles. The summed E-state index contributed by atoms with van der Waals surface area (Å²) in [7, 11) is 0. The minimum atomic E-state index is 0. The topological polar surface area (TPSA) is 59.2 Å². The molecule has 0 unspecified atom stereocenters. The molecule has 1 aliphatic heterocycles. The predicted molar refractivity (Wildman–Crippen MR) is 94.1 cm³/mol. The number of halogens is 1. The molecule has 2 aliphatic rings. The fourth-order valence-electron chi connectivity index (χ4n) is 3.07. The van der Waals surface area contributed by atoms with Crippen LogP contribution in [0.3, 0.4) is 0 Å². The fourth-order valence-corrected chi connectivity index (χ4v) is 3.96. The highest BCUT2D eigenvalue weighted by molar-refractivity contribution is 7.10. The van der Waals surface area contributed by atoms with E-state index in [2.05, 4.69) is 16.4 Å².